The number of hydrogen-bond donors (Lipinski definition) is 1. The van der Waals surface area contributed by atoms with Crippen LogP contribution in [0, 0.1) is 11.8 Å². The molecule has 1 atom stereocenters. The Morgan fingerprint density at radius 3 is 2.44 bits per heavy atom. The molecule has 1 aliphatic rings. The van der Waals surface area contributed by atoms with Crippen LogP contribution in [0.5, 0.6) is 0 Å². The van der Waals surface area contributed by atoms with Crippen LogP contribution in [-0.2, 0) is 5.60 Å². The third-order valence-corrected chi connectivity index (χ3v) is 4.80. The van der Waals surface area contributed by atoms with Crippen molar-refractivity contribution in [3.05, 3.63) is 106 Å². The van der Waals surface area contributed by atoms with Crippen molar-refractivity contribution in [1.82, 2.24) is 9.55 Å². The predicted octanol–water partition coefficient (Wildman–Crippen LogP) is 2.99. The van der Waals surface area contributed by atoms with Crippen molar-refractivity contribution in [3.8, 4) is 17.5 Å². The first-order chi connectivity index (χ1) is 13.2. The molecular formula is C23H14N2O2. The summed E-state index contributed by atoms with van der Waals surface area (Å²) in [5.41, 5.74) is 0.635. The van der Waals surface area contributed by atoms with E-state index < -0.39 is 5.60 Å². The van der Waals surface area contributed by atoms with Crippen molar-refractivity contribution in [1.29, 1.82) is 0 Å². The molecule has 27 heavy (non-hydrogen) atoms. The Kier molecular flexibility index (Phi) is 3.27. The highest BCUT2D eigenvalue weighted by Gasteiger charge is 2.43. The number of aromatic nitrogens is 2. The van der Waals surface area contributed by atoms with Gasteiger partial charge in [0.05, 0.1) is 16.6 Å². The molecule has 0 spiro atoms. The molecule has 0 saturated heterocycles. The lowest BCUT2D eigenvalue weighted by Crippen LogP contribution is -2.28. The van der Waals surface area contributed by atoms with Gasteiger partial charge >= 0.3 is 0 Å². The lowest BCUT2D eigenvalue weighted by atomic mass is 9.95. The molecule has 0 fully saturated rings. The number of hydrogen-bond acceptors (Lipinski definition) is 3. The zero-order valence-corrected chi connectivity index (χ0v) is 14.3. The van der Waals surface area contributed by atoms with Gasteiger partial charge in [0.2, 0.25) is 5.60 Å². The minimum Gasteiger partial charge on any atom is -0.367 e. The molecular weight excluding hydrogens is 336 g/mol. The molecule has 3 aromatic carbocycles. The first-order valence-corrected chi connectivity index (χ1v) is 8.61. The topological polar surface area (TPSA) is 55.1 Å². The summed E-state index contributed by atoms with van der Waals surface area (Å²) in [6.45, 7) is 0. The van der Waals surface area contributed by atoms with Gasteiger partial charge in [-0.1, -0.05) is 54.5 Å². The van der Waals surface area contributed by atoms with Gasteiger partial charge in [0.15, 0.2) is 5.82 Å². The van der Waals surface area contributed by atoms with Crippen molar-refractivity contribution in [3.63, 3.8) is 0 Å². The Hall–Kier alpha value is -3.68. The molecule has 128 valence electrons. The van der Waals surface area contributed by atoms with E-state index in [1.807, 2.05) is 48.5 Å². The van der Waals surface area contributed by atoms with Gasteiger partial charge in [-0.2, -0.15) is 0 Å². The van der Waals surface area contributed by atoms with Crippen LogP contribution in [0.1, 0.15) is 17.0 Å². The van der Waals surface area contributed by atoms with Crippen molar-refractivity contribution >= 4 is 10.9 Å². The monoisotopic (exact) mass is 350 g/mol. The quantitative estimate of drug-likeness (QED) is 0.496. The van der Waals surface area contributed by atoms with E-state index in [0.29, 0.717) is 22.2 Å². The van der Waals surface area contributed by atoms with E-state index in [1.165, 1.54) is 4.57 Å². The fourth-order valence-corrected chi connectivity index (χ4v) is 3.50. The van der Waals surface area contributed by atoms with E-state index in [1.54, 1.807) is 30.3 Å². The molecule has 4 aromatic rings. The normalized spacial score (nSPS) is 17.1. The average Bonchev–Trinajstić information content (AvgIpc) is 2.97. The van der Waals surface area contributed by atoms with Crippen LogP contribution in [0.15, 0.2) is 83.7 Å². The number of rotatable bonds is 0. The second-order valence-electron chi connectivity index (χ2n) is 6.44. The SMILES string of the molecule is O=c1c2ccccc2nc2n1-c1ccccc1C2(O)C#Cc1ccccc1. The third kappa shape index (κ3) is 2.23. The summed E-state index contributed by atoms with van der Waals surface area (Å²) in [5.74, 6) is 6.22. The summed E-state index contributed by atoms with van der Waals surface area (Å²) in [6, 6.07) is 23.8. The Labute approximate surface area is 155 Å². The van der Waals surface area contributed by atoms with Crippen LogP contribution < -0.4 is 5.56 Å². The molecule has 1 aliphatic heterocycles. The van der Waals surface area contributed by atoms with Gasteiger partial charge in [-0.25, -0.2) is 4.98 Å². The van der Waals surface area contributed by atoms with Crippen LogP contribution in [-0.4, -0.2) is 14.7 Å². The van der Waals surface area contributed by atoms with Gasteiger partial charge in [0, 0.05) is 11.1 Å². The molecule has 2 heterocycles. The first-order valence-electron chi connectivity index (χ1n) is 8.61. The number of aliphatic hydroxyl groups is 1. The van der Waals surface area contributed by atoms with Gasteiger partial charge in [-0.3, -0.25) is 9.36 Å². The smallest absolute Gasteiger partial charge is 0.266 e. The lowest BCUT2D eigenvalue weighted by molar-refractivity contribution is 0.141. The Balaban J connectivity index is 1.85. The number of nitrogens with zero attached hydrogens (tertiary/aromatic N) is 2. The highest BCUT2D eigenvalue weighted by atomic mass is 16.3. The Morgan fingerprint density at radius 2 is 1.59 bits per heavy atom. The summed E-state index contributed by atoms with van der Waals surface area (Å²) >= 11 is 0. The largest absolute Gasteiger partial charge is 0.367 e. The standard InChI is InChI=1S/C23H14N2O2/c26-21-17-10-4-6-12-19(17)24-22-23(27,15-14-16-8-2-1-3-9-16)18-11-5-7-13-20(18)25(21)22/h1-13,27H. The number of para-hydroxylation sites is 2. The first kappa shape index (κ1) is 15.6. The maximum absolute atomic E-state index is 13.1. The molecule has 1 aromatic heterocycles. The van der Waals surface area contributed by atoms with Crippen LogP contribution in [0.2, 0.25) is 0 Å². The number of fused-ring (bicyclic) bond motifs is 4. The fraction of sp³-hybridized carbons (Fsp3) is 0.0435. The van der Waals surface area contributed by atoms with Crippen LogP contribution in [0.3, 0.4) is 0 Å². The molecule has 0 aliphatic carbocycles. The fourth-order valence-electron chi connectivity index (χ4n) is 3.50. The molecule has 4 heteroatoms. The zero-order valence-electron chi connectivity index (χ0n) is 14.3. The highest BCUT2D eigenvalue weighted by Crippen LogP contribution is 2.39. The van der Waals surface area contributed by atoms with E-state index in [9.17, 15) is 9.90 Å². The van der Waals surface area contributed by atoms with Crippen molar-refractivity contribution in [2.75, 3.05) is 0 Å². The molecule has 4 nitrogen and oxygen atoms in total. The van der Waals surface area contributed by atoms with E-state index in [4.69, 9.17) is 0 Å². The van der Waals surface area contributed by atoms with E-state index in [-0.39, 0.29) is 11.4 Å². The van der Waals surface area contributed by atoms with E-state index in [2.05, 4.69) is 16.8 Å². The van der Waals surface area contributed by atoms with Gasteiger partial charge in [0.25, 0.3) is 5.56 Å². The zero-order chi connectivity index (χ0) is 18.4. The molecule has 1 unspecified atom stereocenters. The summed E-state index contributed by atoms with van der Waals surface area (Å²) in [5, 5.41) is 12.1. The van der Waals surface area contributed by atoms with Crippen LogP contribution >= 0.6 is 0 Å². The maximum atomic E-state index is 13.1. The summed E-state index contributed by atoms with van der Waals surface area (Å²) in [7, 11) is 0. The summed E-state index contributed by atoms with van der Waals surface area (Å²) < 4.78 is 1.47. The van der Waals surface area contributed by atoms with Gasteiger partial charge in [-0.05, 0) is 36.3 Å². The molecule has 0 radical (unpaired) electrons. The maximum Gasteiger partial charge on any atom is 0.266 e. The summed E-state index contributed by atoms with van der Waals surface area (Å²) in [4.78, 5) is 17.7. The second kappa shape index (κ2) is 5.66. The molecule has 0 bridgehead atoms. The second-order valence-corrected chi connectivity index (χ2v) is 6.44. The number of benzene rings is 3. The molecule has 5 rings (SSSR count). The van der Waals surface area contributed by atoms with Crippen molar-refractivity contribution in [2.45, 2.75) is 5.60 Å². The van der Waals surface area contributed by atoms with Crippen LogP contribution in [0.25, 0.3) is 16.6 Å². The van der Waals surface area contributed by atoms with E-state index >= 15 is 0 Å². The Bertz CT molecular complexity index is 1310. The van der Waals surface area contributed by atoms with Crippen molar-refractivity contribution < 1.29 is 5.11 Å². The third-order valence-electron chi connectivity index (χ3n) is 4.80. The van der Waals surface area contributed by atoms with Gasteiger partial charge < -0.3 is 5.11 Å². The minimum absolute atomic E-state index is 0.208. The van der Waals surface area contributed by atoms with Crippen LogP contribution in [0.4, 0.5) is 0 Å². The highest BCUT2D eigenvalue weighted by molar-refractivity contribution is 5.79. The minimum atomic E-state index is -1.66. The Morgan fingerprint density at radius 1 is 0.889 bits per heavy atom. The predicted molar refractivity (Wildman–Crippen MR) is 104 cm³/mol. The summed E-state index contributed by atoms with van der Waals surface area (Å²) in [6.07, 6.45) is 0. The molecule has 1 N–H and O–H groups in total. The average molecular weight is 350 g/mol. The van der Waals surface area contributed by atoms with Gasteiger partial charge in [-0.15, -0.1) is 0 Å². The molecule has 0 saturated carbocycles. The van der Waals surface area contributed by atoms with Crippen molar-refractivity contribution in [2.24, 2.45) is 0 Å². The lowest BCUT2D eigenvalue weighted by Gasteiger charge is -2.16. The van der Waals surface area contributed by atoms with Gasteiger partial charge in [0.1, 0.15) is 0 Å². The molecule has 0 amide bonds. The van der Waals surface area contributed by atoms with E-state index in [0.717, 1.165) is 5.56 Å².